The molecule has 0 heterocycles. The molecule has 0 aromatic carbocycles. The van der Waals surface area contributed by atoms with Crippen molar-refractivity contribution in [1.29, 1.82) is 0 Å². The number of rotatable bonds is 0. The molecule has 0 saturated heterocycles. The number of quaternary nitrogens is 3. The van der Waals surface area contributed by atoms with E-state index in [1.807, 2.05) is 0 Å². The van der Waals surface area contributed by atoms with E-state index in [-0.39, 0.29) is 34.9 Å². The van der Waals surface area contributed by atoms with Gasteiger partial charge in [0, 0.05) is 0 Å². The van der Waals surface area contributed by atoms with Crippen LogP contribution in [0, 0.1) is 0 Å². The van der Waals surface area contributed by atoms with Crippen LogP contribution >= 0.6 is 58.1 Å². The normalized spacial score (nSPS) is 12.5. The molecule has 0 aliphatic rings. The molecule has 0 fully saturated rings. The molecule has 6 nitrogen and oxygen atoms in total. The SMILES string of the molecule is O.O.O.[Cl][Rh-3]([Cl])([Cl])([Cl])([Cl])[Cl].[NH4+].[NH4+].[NH4+]. The summed E-state index contributed by atoms with van der Waals surface area (Å²) in [5, 5.41) is 0. The van der Waals surface area contributed by atoms with Gasteiger partial charge in [-0.1, -0.05) is 0 Å². The van der Waals surface area contributed by atoms with E-state index in [4.69, 9.17) is 58.1 Å². The van der Waals surface area contributed by atoms with E-state index < -0.39 is 6.48 Å². The third-order valence-electron chi connectivity index (χ3n) is 0. The van der Waals surface area contributed by atoms with Crippen LogP contribution < -0.4 is 18.5 Å². The Labute approximate surface area is 98.7 Å². The molecular weight excluding hydrogens is 406 g/mol. The quantitative estimate of drug-likeness (QED) is 0.480. The molecule has 13 heteroatoms. The van der Waals surface area contributed by atoms with Crippen LogP contribution in [0.3, 0.4) is 0 Å². The third kappa shape index (κ3) is 460. The van der Waals surface area contributed by atoms with Crippen LogP contribution in [0.1, 0.15) is 0 Å². The van der Waals surface area contributed by atoms with Gasteiger partial charge in [0.1, 0.15) is 0 Å². The van der Waals surface area contributed by atoms with Crippen molar-refractivity contribution >= 4 is 58.1 Å². The zero-order valence-electron chi connectivity index (χ0n) is 7.10. The number of halogens is 6. The molecule has 0 aliphatic carbocycles. The first-order valence-corrected chi connectivity index (χ1v) is 13.4. The summed E-state index contributed by atoms with van der Waals surface area (Å²) in [6.45, 7) is -5.15. The van der Waals surface area contributed by atoms with Crippen LogP contribution in [-0.4, -0.2) is 16.4 Å². The van der Waals surface area contributed by atoms with Crippen LogP contribution in [0.25, 0.3) is 0 Å². The van der Waals surface area contributed by atoms with Gasteiger partial charge >= 0.3 is 64.6 Å². The first kappa shape index (κ1) is 45.7. The Kier molecular flexibility index (Phi) is 29.2. The second kappa shape index (κ2) is 8.30. The molecule has 18 N–H and O–H groups in total. The molecule has 0 rings (SSSR count). The van der Waals surface area contributed by atoms with E-state index in [0.29, 0.717) is 0 Å². The minimum Gasteiger partial charge on any atom is -0.369 e. The Morgan fingerprint density at radius 2 is 0.462 bits per heavy atom. The molecular formula is H18Cl6N3O3Rh. The molecule has 0 amide bonds. The Hall–Kier alpha value is 2.12. The van der Waals surface area contributed by atoms with E-state index in [0.717, 1.165) is 0 Å². The van der Waals surface area contributed by atoms with E-state index >= 15 is 0 Å². The maximum absolute atomic E-state index is 5.15. The Morgan fingerprint density at radius 1 is 0.462 bits per heavy atom. The van der Waals surface area contributed by atoms with Crippen molar-refractivity contribution in [1.82, 2.24) is 18.5 Å². The smallest absolute Gasteiger partial charge is 0.369 e. The minimum atomic E-state index is -5.15. The van der Waals surface area contributed by atoms with Crippen LogP contribution in [-0.2, 0) is 6.48 Å². The van der Waals surface area contributed by atoms with E-state index in [1.54, 1.807) is 0 Å². The molecule has 0 aromatic rings. The summed E-state index contributed by atoms with van der Waals surface area (Å²) in [6, 6.07) is 0. The van der Waals surface area contributed by atoms with Gasteiger partial charge in [-0.3, -0.25) is 0 Å². The first-order valence-electron chi connectivity index (χ1n) is 0.756. The maximum atomic E-state index is 5.04. The minimum absolute atomic E-state index is 0. The van der Waals surface area contributed by atoms with Crippen LogP contribution in [0.5, 0.6) is 0 Å². The van der Waals surface area contributed by atoms with E-state index in [1.165, 1.54) is 0 Å². The molecule has 0 unspecified atom stereocenters. The van der Waals surface area contributed by atoms with Crippen LogP contribution in [0.15, 0.2) is 0 Å². The standard InChI is InChI=1S/6ClH.3H3N.3H2O.Rh/h6*1H;3*1H3;3*1H2;/q;;;;;;;;;;;;+3/p-3. The Morgan fingerprint density at radius 3 is 0.462 bits per heavy atom. The molecule has 0 atom stereocenters. The third-order valence-corrected chi connectivity index (χ3v) is 0. The van der Waals surface area contributed by atoms with Gasteiger partial charge in [0.2, 0.25) is 0 Å². The summed E-state index contributed by atoms with van der Waals surface area (Å²) in [7, 11) is 30.2. The zero-order chi connectivity index (χ0) is 6.41. The molecule has 0 radical (unpaired) electrons. The number of hydrogen-bond acceptors (Lipinski definition) is 0. The monoisotopic (exact) mass is 421 g/mol. The number of hydrogen-bond donors (Lipinski definition) is 3. The second-order valence-electron chi connectivity index (χ2n) is 0.714. The van der Waals surface area contributed by atoms with Crippen molar-refractivity contribution in [3.63, 3.8) is 0 Å². The van der Waals surface area contributed by atoms with Crippen molar-refractivity contribution in [3.8, 4) is 0 Å². The van der Waals surface area contributed by atoms with E-state index in [9.17, 15) is 0 Å². The first-order chi connectivity index (χ1) is 2.45. The van der Waals surface area contributed by atoms with Gasteiger partial charge in [-0.2, -0.15) is 0 Å². The Bertz CT molecular complexity index is 81.7. The van der Waals surface area contributed by atoms with Gasteiger partial charge < -0.3 is 34.9 Å². The van der Waals surface area contributed by atoms with Crippen LogP contribution in [0.4, 0.5) is 0 Å². The summed E-state index contributed by atoms with van der Waals surface area (Å²) in [6.07, 6.45) is 0. The summed E-state index contributed by atoms with van der Waals surface area (Å²) >= 11 is 0. The maximum Gasteiger partial charge on any atom is -0.369 e. The summed E-state index contributed by atoms with van der Waals surface area (Å²) in [5.41, 5.74) is 0. The van der Waals surface area contributed by atoms with Gasteiger partial charge in [-0.15, -0.1) is 0 Å². The van der Waals surface area contributed by atoms with Gasteiger partial charge in [0.05, 0.1) is 0 Å². The van der Waals surface area contributed by atoms with Gasteiger partial charge in [0.15, 0.2) is 0 Å². The molecule has 0 aliphatic heterocycles. The summed E-state index contributed by atoms with van der Waals surface area (Å²) < 4.78 is 0. The predicted octanol–water partition coefficient (Wildman–Crippen LogP) is 2.79. The average molecular weight is 424 g/mol. The van der Waals surface area contributed by atoms with Crippen molar-refractivity contribution in [2.24, 2.45) is 0 Å². The van der Waals surface area contributed by atoms with Gasteiger partial charge in [-0.25, -0.2) is 0 Å². The average Bonchev–Trinajstić information content (AvgIpc) is 0.592. The van der Waals surface area contributed by atoms with Crippen molar-refractivity contribution in [2.45, 2.75) is 0 Å². The van der Waals surface area contributed by atoms with Crippen molar-refractivity contribution in [2.75, 3.05) is 0 Å². The molecule has 0 spiro atoms. The van der Waals surface area contributed by atoms with Crippen molar-refractivity contribution < 1.29 is 22.9 Å². The molecule has 13 heavy (non-hydrogen) atoms. The fourth-order valence-corrected chi connectivity index (χ4v) is 0. The van der Waals surface area contributed by atoms with Crippen LogP contribution in [0.2, 0.25) is 0 Å². The largest absolute Gasteiger partial charge is 0.369 e. The second-order valence-corrected chi connectivity index (χ2v) is 38.0. The van der Waals surface area contributed by atoms with Gasteiger partial charge in [-0.05, 0) is 0 Å². The molecule has 0 bridgehead atoms. The van der Waals surface area contributed by atoms with E-state index in [2.05, 4.69) is 0 Å². The van der Waals surface area contributed by atoms with Crippen molar-refractivity contribution in [3.05, 3.63) is 0 Å². The fourth-order valence-electron chi connectivity index (χ4n) is 0. The summed E-state index contributed by atoms with van der Waals surface area (Å²) in [5.74, 6) is 0. The topological polar surface area (TPSA) is 204 Å². The Balaban J connectivity index is -0.0000000120. The fraction of sp³-hybridized carbons (Fsp3) is 0. The van der Waals surface area contributed by atoms with Gasteiger partial charge in [0.25, 0.3) is 0 Å². The predicted molar refractivity (Wildman–Crippen MR) is 63.9 cm³/mol. The molecule has 0 saturated carbocycles. The zero-order valence-corrected chi connectivity index (χ0v) is 13.3. The molecule has 0 aromatic heterocycles. The summed E-state index contributed by atoms with van der Waals surface area (Å²) in [4.78, 5) is 0. The molecule has 102 valence electrons.